The van der Waals surface area contributed by atoms with Gasteiger partial charge in [0.1, 0.15) is 6.04 Å². The highest BCUT2D eigenvalue weighted by atomic mass is 32.1. The summed E-state index contributed by atoms with van der Waals surface area (Å²) in [6.07, 6.45) is 4.43. The van der Waals surface area contributed by atoms with Crippen LogP contribution < -0.4 is 11.1 Å². The molecular weight excluding hydrogens is 446 g/mol. The molecule has 0 spiro atoms. The van der Waals surface area contributed by atoms with Crippen LogP contribution in [-0.4, -0.2) is 39.3 Å². The molecule has 5 rings (SSSR count). The van der Waals surface area contributed by atoms with Crippen LogP contribution in [0.5, 0.6) is 0 Å². The molecule has 7 nitrogen and oxygen atoms in total. The first-order chi connectivity index (χ1) is 16.6. The normalized spacial score (nSPS) is 14.9. The van der Waals surface area contributed by atoms with Gasteiger partial charge in [0.2, 0.25) is 11.8 Å². The molecule has 8 heteroatoms. The lowest BCUT2D eigenvalue weighted by atomic mass is 10.0. The Bertz CT molecular complexity index is 1320. The maximum absolute atomic E-state index is 12.8. The third kappa shape index (κ3) is 4.67. The summed E-state index contributed by atoms with van der Waals surface area (Å²) in [4.78, 5) is 35.8. The summed E-state index contributed by atoms with van der Waals surface area (Å²) >= 11 is 1.37. The zero-order valence-corrected chi connectivity index (χ0v) is 19.2. The number of thiazole rings is 1. The number of pyridine rings is 1. The minimum absolute atomic E-state index is 0.0658. The second-order valence-electron chi connectivity index (χ2n) is 8.15. The number of nitrogens with two attached hydrogens (primary N) is 1. The van der Waals surface area contributed by atoms with Gasteiger partial charge in [0.05, 0.1) is 12.1 Å². The van der Waals surface area contributed by atoms with Gasteiger partial charge in [-0.15, -0.1) is 11.3 Å². The van der Waals surface area contributed by atoms with Gasteiger partial charge >= 0.3 is 0 Å². The lowest BCUT2D eigenvalue weighted by Crippen LogP contribution is -2.57. The van der Waals surface area contributed by atoms with Crippen LogP contribution in [-0.2, 0) is 16.0 Å². The number of nitrogens with one attached hydrogen (secondary N) is 1. The van der Waals surface area contributed by atoms with Crippen molar-refractivity contribution in [3.63, 3.8) is 0 Å². The highest BCUT2D eigenvalue weighted by Gasteiger charge is 2.37. The number of amides is 2. The number of likely N-dealkylation sites (tertiary alicyclic amines) is 1. The predicted octanol–water partition coefficient (Wildman–Crippen LogP) is 4.24. The van der Waals surface area contributed by atoms with E-state index >= 15 is 0 Å². The SMILES string of the molecule is Nc1ccc(CC(=O)N2CCC2C(=O)Nc2nc(-c3cccc(-c4ccncc4)c3)cs2)cc1. The van der Waals surface area contributed by atoms with Crippen LogP contribution in [0.25, 0.3) is 22.4 Å². The third-order valence-corrected chi connectivity index (χ3v) is 6.64. The summed E-state index contributed by atoms with van der Waals surface area (Å²) in [5.74, 6) is -0.271. The van der Waals surface area contributed by atoms with Crippen LogP contribution in [0.2, 0.25) is 0 Å². The summed E-state index contributed by atoms with van der Waals surface area (Å²) in [7, 11) is 0. The maximum atomic E-state index is 12.8. The topological polar surface area (TPSA) is 101 Å². The zero-order chi connectivity index (χ0) is 23.5. The summed E-state index contributed by atoms with van der Waals surface area (Å²) in [6.45, 7) is 0.580. The number of aromatic nitrogens is 2. The second kappa shape index (κ2) is 9.44. The van der Waals surface area contributed by atoms with Gasteiger partial charge in [0, 0.05) is 35.6 Å². The number of benzene rings is 2. The number of anilines is 2. The van der Waals surface area contributed by atoms with Crippen LogP contribution in [0.3, 0.4) is 0 Å². The van der Waals surface area contributed by atoms with Gasteiger partial charge in [0.15, 0.2) is 5.13 Å². The number of rotatable bonds is 6. The Kier molecular flexibility index (Phi) is 6.05. The van der Waals surface area contributed by atoms with E-state index in [9.17, 15) is 9.59 Å². The molecular formula is C26H23N5O2S. The van der Waals surface area contributed by atoms with Crippen molar-refractivity contribution in [1.29, 1.82) is 0 Å². The molecule has 0 aliphatic carbocycles. The first-order valence-corrected chi connectivity index (χ1v) is 11.9. The Hall–Kier alpha value is -4.04. The summed E-state index contributed by atoms with van der Waals surface area (Å²) in [6, 6.07) is 18.8. The Morgan fingerprint density at radius 2 is 1.79 bits per heavy atom. The molecule has 3 heterocycles. The average molecular weight is 470 g/mol. The van der Waals surface area contributed by atoms with E-state index in [-0.39, 0.29) is 18.2 Å². The van der Waals surface area contributed by atoms with E-state index in [2.05, 4.69) is 21.4 Å². The molecule has 2 aromatic heterocycles. The minimum atomic E-state index is -0.469. The Balaban J connectivity index is 1.23. The van der Waals surface area contributed by atoms with E-state index in [0.717, 1.165) is 27.9 Å². The van der Waals surface area contributed by atoms with Gasteiger partial charge in [-0.1, -0.05) is 30.3 Å². The largest absolute Gasteiger partial charge is 0.399 e. The van der Waals surface area contributed by atoms with Crippen molar-refractivity contribution in [3.8, 4) is 22.4 Å². The van der Waals surface area contributed by atoms with Gasteiger partial charge in [-0.2, -0.15) is 0 Å². The molecule has 3 N–H and O–H groups in total. The number of nitrogens with zero attached hydrogens (tertiary/aromatic N) is 3. The van der Waals surface area contributed by atoms with Crippen LogP contribution in [0, 0.1) is 0 Å². The number of hydrogen-bond acceptors (Lipinski definition) is 6. The van der Waals surface area contributed by atoms with Crippen molar-refractivity contribution in [2.75, 3.05) is 17.6 Å². The summed E-state index contributed by atoms with van der Waals surface area (Å²) in [5, 5.41) is 5.33. The molecule has 2 aromatic carbocycles. The molecule has 34 heavy (non-hydrogen) atoms. The van der Waals surface area contributed by atoms with Crippen molar-refractivity contribution < 1.29 is 9.59 Å². The lowest BCUT2D eigenvalue weighted by molar-refractivity contribution is -0.144. The van der Waals surface area contributed by atoms with E-state index in [0.29, 0.717) is 23.8 Å². The van der Waals surface area contributed by atoms with Gasteiger partial charge in [0.25, 0.3) is 0 Å². The fraction of sp³-hybridized carbons (Fsp3) is 0.154. The number of nitrogen functional groups attached to an aromatic ring is 1. The third-order valence-electron chi connectivity index (χ3n) is 5.88. The second-order valence-corrected chi connectivity index (χ2v) is 9.01. The molecule has 0 radical (unpaired) electrons. The zero-order valence-electron chi connectivity index (χ0n) is 18.3. The fourth-order valence-corrected chi connectivity index (χ4v) is 4.65. The molecule has 0 bridgehead atoms. The van der Waals surface area contributed by atoms with E-state index in [4.69, 9.17) is 5.73 Å². The highest BCUT2D eigenvalue weighted by Crippen LogP contribution is 2.29. The summed E-state index contributed by atoms with van der Waals surface area (Å²) < 4.78 is 0. The van der Waals surface area contributed by atoms with Crippen molar-refractivity contribution in [1.82, 2.24) is 14.9 Å². The standard InChI is InChI=1S/C26H23N5O2S/c27-21-6-4-17(5-7-21)14-24(32)31-13-10-23(31)25(33)30-26-29-22(16-34-26)20-3-1-2-19(15-20)18-8-11-28-12-9-18/h1-9,11-12,15-16,23H,10,13-14,27H2,(H,29,30,33). The van der Waals surface area contributed by atoms with E-state index < -0.39 is 6.04 Å². The highest BCUT2D eigenvalue weighted by molar-refractivity contribution is 7.14. The maximum Gasteiger partial charge on any atom is 0.249 e. The Morgan fingerprint density at radius 3 is 2.53 bits per heavy atom. The smallest absolute Gasteiger partial charge is 0.249 e. The van der Waals surface area contributed by atoms with Crippen LogP contribution in [0.1, 0.15) is 12.0 Å². The first kappa shape index (κ1) is 21.8. The molecule has 1 atom stereocenters. The van der Waals surface area contributed by atoms with Gasteiger partial charge in [-0.3, -0.25) is 14.6 Å². The average Bonchev–Trinajstić information content (AvgIpc) is 3.29. The van der Waals surface area contributed by atoms with Crippen LogP contribution in [0.4, 0.5) is 10.8 Å². The molecule has 2 amide bonds. The van der Waals surface area contributed by atoms with Crippen LogP contribution >= 0.6 is 11.3 Å². The molecule has 1 aliphatic heterocycles. The van der Waals surface area contributed by atoms with Crippen molar-refractivity contribution >= 4 is 34.0 Å². The Morgan fingerprint density at radius 1 is 1.03 bits per heavy atom. The van der Waals surface area contributed by atoms with E-state index in [1.165, 1.54) is 11.3 Å². The van der Waals surface area contributed by atoms with Gasteiger partial charge in [-0.25, -0.2) is 4.98 Å². The van der Waals surface area contributed by atoms with Gasteiger partial charge in [-0.05, 0) is 53.4 Å². The fourth-order valence-electron chi connectivity index (χ4n) is 3.92. The van der Waals surface area contributed by atoms with Crippen LogP contribution in [0.15, 0.2) is 78.4 Å². The van der Waals surface area contributed by atoms with E-state index in [1.807, 2.05) is 47.8 Å². The Labute approximate surface area is 201 Å². The molecule has 0 saturated carbocycles. The van der Waals surface area contributed by atoms with E-state index in [1.54, 1.807) is 29.4 Å². The number of carbonyl (C=O) groups excluding carboxylic acids is 2. The van der Waals surface area contributed by atoms with Gasteiger partial charge < -0.3 is 16.0 Å². The molecule has 170 valence electrons. The van der Waals surface area contributed by atoms with Crippen molar-refractivity contribution in [2.24, 2.45) is 0 Å². The molecule has 1 saturated heterocycles. The summed E-state index contributed by atoms with van der Waals surface area (Å²) in [5.41, 5.74) is 11.2. The minimum Gasteiger partial charge on any atom is -0.399 e. The molecule has 1 fully saturated rings. The predicted molar refractivity (Wildman–Crippen MR) is 134 cm³/mol. The number of hydrogen-bond donors (Lipinski definition) is 2. The molecule has 4 aromatic rings. The van der Waals surface area contributed by atoms with Crippen molar-refractivity contribution in [2.45, 2.75) is 18.9 Å². The monoisotopic (exact) mass is 469 g/mol. The number of carbonyl (C=O) groups is 2. The quantitative estimate of drug-likeness (QED) is 0.412. The molecule has 1 aliphatic rings. The lowest BCUT2D eigenvalue weighted by Gasteiger charge is -2.39. The van der Waals surface area contributed by atoms with Crippen molar-refractivity contribution in [3.05, 3.63) is 84.0 Å². The first-order valence-electron chi connectivity index (χ1n) is 11.0. The molecule has 1 unspecified atom stereocenters.